The molecule has 0 atom stereocenters. The van der Waals surface area contributed by atoms with Gasteiger partial charge in [0.05, 0.1) is 24.4 Å². The summed E-state index contributed by atoms with van der Waals surface area (Å²) in [5.41, 5.74) is 1.08. The van der Waals surface area contributed by atoms with Gasteiger partial charge in [-0.1, -0.05) is 42.5 Å². The normalized spacial score (nSPS) is 10.3. The summed E-state index contributed by atoms with van der Waals surface area (Å²) < 4.78 is 6.48. The highest BCUT2D eigenvalue weighted by atomic mass is 16.5. The molecule has 1 aromatic heterocycles. The Morgan fingerprint density at radius 1 is 0.929 bits per heavy atom. The van der Waals surface area contributed by atoms with Gasteiger partial charge in [0.1, 0.15) is 5.56 Å². The SMILES string of the molecule is CCOC(=O)c1ccccc1NC(=O)c1cccn(Cc2ccccc2)c1=O. The molecule has 2 aromatic carbocycles. The molecule has 6 heteroatoms. The van der Waals surface area contributed by atoms with Crippen molar-refractivity contribution >= 4 is 17.6 Å². The summed E-state index contributed by atoms with van der Waals surface area (Å²) in [6.07, 6.45) is 1.64. The summed E-state index contributed by atoms with van der Waals surface area (Å²) >= 11 is 0. The lowest BCUT2D eigenvalue weighted by molar-refractivity contribution is 0.0527. The highest BCUT2D eigenvalue weighted by Gasteiger charge is 2.17. The van der Waals surface area contributed by atoms with Gasteiger partial charge in [-0.05, 0) is 36.8 Å². The van der Waals surface area contributed by atoms with E-state index in [0.717, 1.165) is 5.56 Å². The number of nitrogens with zero attached hydrogens (tertiary/aromatic N) is 1. The van der Waals surface area contributed by atoms with E-state index in [1.807, 2.05) is 30.3 Å². The molecule has 142 valence electrons. The first-order chi connectivity index (χ1) is 13.6. The van der Waals surface area contributed by atoms with Crippen LogP contribution in [-0.2, 0) is 11.3 Å². The van der Waals surface area contributed by atoms with Crippen LogP contribution in [0.5, 0.6) is 0 Å². The molecule has 3 rings (SSSR count). The summed E-state index contributed by atoms with van der Waals surface area (Å²) in [6, 6.07) is 19.1. The van der Waals surface area contributed by atoms with E-state index in [0.29, 0.717) is 12.2 Å². The second kappa shape index (κ2) is 8.81. The van der Waals surface area contributed by atoms with Crippen molar-refractivity contribution in [3.63, 3.8) is 0 Å². The minimum absolute atomic E-state index is 0.00269. The monoisotopic (exact) mass is 376 g/mol. The van der Waals surface area contributed by atoms with E-state index in [-0.39, 0.29) is 17.7 Å². The number of carbonyl (C=O) groups is 2. The van der Waals surface area contributed by atoms with E-state index >= 15 is 0 Å². The predicted octanol–water partition coefficient (Wildman–Crippen LogP) is 3.33. The maximum absolute atomic E-state index is 12.7. The summed E-state index contributed by atoms with van der Waals surface area (Å²) in [5.74, 6) is -1.11. The molecule has 1 heterocycles. The third kappa shape index (κ3) is 4.35. The fourth-order valence-corrected chi connectivity index (χ4v) is 2.78. The first-order valence-corrected chi connectivity index (χ1v) is 8.91. The van der Waals surface area contributed by atoms with Gasteiger partial charge in [-0.3, -0.25) is 9.59 Å². The van der Waals surface area contributed by atoms with Gasteiger partial charge < -0.3 is 14.6 Å². The number of nitrogens with one attached hydrogen (secondary N) is 1. The zero-order valence-corrected chi connectivity index (χ0v) is 15.4. The summed E-state index contributed by atoms with van der Waals surface area (Å²) in [6.45, 7) is 2.29. The molecule has 0 radical (unpaired) electrons. The highest BCUT2D eigenvalue weighted by molar-refractivity contribution is 6.07. The lowest BCUT2D eigenvalue weighted by atomic mass is 10.1. The molecule has 6 nitrogen and oxygen atoms in total. The Hall–Kier alpha value is -3.67. The van der Waals surface area contributed by atoms with E-state index in [9.17, 15) is 14.4 Å². The summed E-state index contributed by atoms with van der Waals surface area (Å²) in [5, 5.41) is 2.64. The lowest BCUT2D eigenvalue weighted by Gasteiger charge is -2.11. The number of carbonyl (C=O) groups excluding carboxylic acids is 2. The minimum Gasteiger partial charge on any atom is -0.462 e. The molecule has 0 spiro atoms. The van der Waals surface area contributed by atoms with Crippen molar-refractivity contribution in [1.29, 1.82) is 0 Å². The lowest BCUT2D eigenvalue weighted by Crippen LogP contribution is -2.29. The van der Waals surface area contributed by atoms with Crippen molar-refractivity contribution in [2.75, 3.05) is 11.9 Å². The van der Waals surface area contributed by atoms with Crippen LogP contribution in [0.4, 0.5) is 5.69 Å². The molecular formula is C22H20N2O4. The van der Waals surface area contributed by atoms with Gasteiger partial charge in [0.25, 0.3) is 11.5 Å². The number of hydrogen-bond donors (Lipinski definition) is 1. The maximum Gasteiger partial charge on any atom is 0.340 e. The fourth-order valence-electron chi connectivity index (χ4n) is 2.78. The van der Waals surface area contributed by atoms with Crippen molar-refractivity contribution in [3.8, 4) is 0 Å². The average molecular weight is 376 g/mol. The first-order valence-electron chi connectivity index (χ1n) is 8.91. The van der Waals surface area contributed by atoms with Gasteiger partial charge >= 0.3 is 5.97 Å². The third-order valence-corrected chi connectivity index (χ3v) is 4.13. The number of hydrogen-bond acceptors (Lipinski definition) is 4. The first kappa shape index (κ1) is 19.1. The molecule has 0 aliphatic carbocycles. The second-order valence-electron chi connectivity index (χ2n) is 6.06. The van der Waals surface area contributed by atoms with E-state index in [1.54, 1.807) is 43.5 Å². The van der Waals surface area contributed by atoms with Crippen molar-refractivity contribution in [2.24, 2.45) is 0 Å². The zero-order valence-electron chi connectivity index (χ0n) is 15.4. The Morgan fingerprint density at radius 2 is 1.61 bits per heavy atom. The molecule has 0 aliphatic heterocycles. The minimum atomic E-state index is -0.579. The van der Waals surface area contributed by atoms with Gasteiger partial charge in [0.15, 0.2) is 0 Å². The van der Waals surface area contributed by atoms with Gasteiger partial charge in [0, 0.05) is 6.20 Å². The van der Waals surface area contributed by atoms with Crippen LogP contribution in [-0.4, -0.2) is 23.1 Å². The topological polar surface area (TPSA) is 77.4 Å². The van der Waals surface area contributed by atoms with E-state index in [4.69, 9.17) is 4.74 Å². The largest absolute Gasteiger partial charge is 0.462 e. The fraction of sp³-hybridized carbons (Fsp3) is 0.136. The van der Waals surface area contributed by atoms with Crippen LogP contribution >= 0.6 is 0 Å². The Balaban J connectivity index is 1.85. The summed E-state index contributed by atoms with van der Waals surface area (Å²) in [4.78, 5) is 37.5. The standard InChI is InChI=1S/C22H20N2O4/c1-2-28-22(27)17-11-6-7-13-19(17)23-20(25)18-12-8-14-24(21(18)26)15-16-9-4-3-5-10-16/h3-14H,2,15H2,1H3,(H,23,25). The Kier molecular flexibility index (Phi) is 6.01. The second-order valence-corrected chi connectivity index (χ2v) is 6.06. The maximum atomic E-state index is 12.7. The Labute approximate surface area is 162 Å². The van der Waals surface area contributed by atoms with Crippen LogP contribution in [0.1, 0.15) is 33.2 Å². The van der Waals surface area contributed by atoms with Gasteiger partial charge in [-0.2, -0.15) is 0 Å². The predicted molar refractivity (Wildman–Crippen MR) is 107 cm³/mol. The van der Waals surface area contributed by atoms with Gasteiger partial charge in [-0.15, -0.1) is 0 Å². The zero-order chi connectivity index (χ0) is 19.9. The molecule has 1 N–H and O–H groups in total. The number of ether oxygens (including phenoxy) is 1. The molecule has 0 aliphatic rings. The summed E-state index contributed by atoms with van der Waals surface area (Å²) in [7, 11) is 0. The van der Waals surface area contributed by atoms with Crippen molar-refractivity contribution in [1.82, 2.24) is 4.57 Å². The van der Waals surface area contributed by atoms with Gasteiger partial charge in [0.2, 0.25) is 0 Å². The van der Waals surface area contributed by atoms with Crippen molar-refractivity contribution in [2.45, 2.75) is 13.5 Å². The smallest absolute Gasteiger partial charge is 0.340 e. The van der Waals surface area contributed by atoms with E-state index in [1.165, 1.54) is 10.6 Å². The molecule has 0 unspecified atom stereocenters. The molecule has 1 amide bonds. The Morgan fingerprint density at radius 3 is 2.36 bits per heavy atom. The highest BCUT2D eigenvalue weighted by Crippen LogP contribution is 2.17. The Bertz CT molecular complexity index is 1040. The number of aromatic nitrogens is 1. The van der Waals surface area contributed by atoms with Crippen LogP contribution in [0.25, 0.3) is 0 Å². The number of pyridine rings is 1. The van der Waals surface area contributed by atoms with Crippen molar-refractivity contribution < 1.29 is 14.3 Å². The van der Waals surface area contributed by atoms with Gasteiger partial charge in [-0.25, -0.2) is 4.79 Å². The van der Waals surface area contributed by atoms with E-state index in [2.05, 4.69) is 5.32 Å². The number of rotatable bonds is 6. The van der Waals surface area contributed by atoms with Crippen LogP contribution in [0, 0.1) is 0 Å². The number of benzene rings is 2. The van der Waals surface area contributed by atoms with Crippen LogP contribution in [0.2, 0.25) is 0 Å². The molecule has 0 saturated heterocycles. The quantitative estimate of drug-likeness (QED) is 0.670. The third-order valence-electron chi connectivity index (χ3n) is 4.13. The van der Waals surface area contributed by atoms with Crippen LogP contribution in [0.15, 0.2) is 77.7 Å². The molecule has 0 saturated carbocycles. The molecular weight excluding hydrogens is 356 g/mol. The van der Waals surface area contributed by atoms with Crippen LogP contribution < -0.4 is 10.9 Å². The molecule has 0 bridgehead atoms. The molecule has 0 fully saturated rings. The molecule has 3 aromatic rings. The average Bonchev–Trinajstić information content (AvgIpc) is 2.71. The number of anilines is 1. The van der Waals surface area contributed by atoms with Crippen molar-refractivity contribution in [3.05, 3.63) is 100.0 Å². The van der Waals surface area contributed by atoms with E-state index < -0.39 is 17.4 Å². The van der Waals surface area contributed by atoms with Crippen LogP contribution in [0.3, 0.4) is 0 Å². The number of amides is 1. The number of para-hydroxylation sites is 1. The molecule has 28 heavy (non-hydrogen) atoms. The number of esters is 1.